The van der Waals surface area contributed by atoms with Crippen LogP contribution in [0.15, 0.2) is 23.3 Å². The second-order valence-corrected chi connectivity index (χ2v) is 9.25. The minimum Gasteiger partial charge on any atom is -0.211 e. The molecule has 0 spiro atoms. The number of allylic oxidation sites excluding steroid dienone is 3. The third-order valence-corrected chi connectivity index (χ3v) is 6.59. The number of rotatable bonds is 4. The van der Waals surface area contributed by atoms with E-state index in [1.807, 2.05) is 19.9 Å². The minimum absolute atomic E-state index is 0.0498. The van der Waals surface area contributed by atoms with Crippen LogP contribution in [-0.4, -0.2) is 13.2 Å². The lowest BCUT2D eigenvalue weighted by atomic mass is 9.77. The van der Waals surface area contributed by atoms with Crippen molar-refractivity contribution in [1.82, 2.24) is 0 Å². The highest BCUT2D eigenvalue weighted by atomic mass is 35.7. The van der Waals surface area contributed by atoms with Gasteiger partial charge >= 0.3 is 0 Å². The van der Waals surface area contributed by atoms with Crippen LogP contribution in [0.5, 0.6) is 0 Å². The average molecular weight is 305 g/mol. The lowest BCUT2D eigenvalue weighted by molar-refractivity contribution is 0.445. The lowest BCUT2D eigenvalue weighted by Crippen LogP contribution is -2.42. The van der Waals surface area contributed by atoms with Gasteiger partial charge in [-0.05, 0) is 29.7 Å². The average Bonchev–Trinajstić information content (AvgIpc) is 2.26. The molecule has 1 aliphatic rings. The summed E-state index contributed by atoms with van der Waals surface area (Å²) in [7, 11) is 2.14. The minimum atomic E-state index is -3.66. The van der Waals surface area contributed by atoms with Gasteiger partial charge in [0.25, 0.3) is 0 Å². The Bertz CT molecular complexity index is 498. The van der Waals surface area contributed by atoms with Crippen molar-refractivity contribution in [3.8, 4) is 0 Å². The topological polar surface area (TPSA) is 34.1 Å². The molecule has 2 nitrogen and oxygen atoms in total. The normalized spacial score (nSPS) is 24.9. The summed E-state index contributed by atoms with van der Waals surface area (Å²) in [4.78, 5) is 0. The molecule has 0 radical (unpaired) electrons. The molecular weight excluding hydrogens is 280 g/mol. The van der Waals surface area contributed by atoms with Gasteiger partial charge in [0, 0.05) is 10.7 Å². The van der Waals surface area contributed by atoms with Crippen LogP contribution in [0.25, 0.3) is 0 Å². The van der Waals surface area contributed by atoms with Gasteiger partial charge in [0.1, 0.15) is 4.75 Å². The molecule has 19 heavy (non-hydrogen) atoms. The number of hydrogen-bond donors (Lipinski definition) is 0. The van der Waals surface area contributed by atoms with Crippen LogP contribution < -0.4 is 0 Å². The molecule has 0 aliphatic heterocycles. The van der Waals surface area contributed by atoms with Gasteiger partial charge in [-0.1, -0.05) is 59.3 Å². The van der Waals surface area contributed by atoms with E-state index in [-0.39, 0.29) is 5.92 Å². The highest BCUT2D eigenvalue weighted by molar-refractivity contribution is 8.15. The molecule has 0 N–H and O–H groups in total. The van der Waals surface area contributed by atoms with E-state index in [1.54, 1.807) is 0 Å². The summed E-state index contributed by atoms with van der Waals surface area (Å²) < 4.78 is 23.4. The summed E-state index contributed by atoms with van der Waals surface area (Å²) in [5.41, 5.74) is 2.25. The van der Waals surface area contributed by atoms with Crippen molar-refractivity contribution < 1.29 is 8.42 Å². The first kappa shape index (κ1) is 16.8. The molecule has 1 aliphatic carbocycles. The standard InChI is InChI=1S/C15H25ClO2S/c1-10(2)13-7-14(11(3)4)9-15(8-13,12(5)6)19(16,17)18/h7-8,10-12H,9H2,1-6H3. The lowest BCUT2D eigenvalue weighted by Gasteiger charge is -2.37. The molecule has 0 aromatic carbocycles. The zero-order valence-corrected chi connectivity index (χ0v) is 14.3. The predicted molar refractivity (Wildman–Crippen MR) is 82.8 cm³/mol. The summed E-state index contributed by atoms with van der Waals surface area (Å²) in [5.74, 6) is 0.579. The zero-order valence-electron chi connectivity index (χ0n) is 12.7. The van der Waals surface area contributed by atoms with Crippen LogP contribution in [0, 0.1) is 17.8 Å². The van der Waals surface area contributed by atoms with Crippen molar-refractivity contribution >= 4 is 19.7 Å². The van der Waals surface area contributed by atoms with Crippen molar-refractivity contribution in [3.05, 3.63) is 23.3 Å². The zero-order chi connectivity index (χ0) is 15.0. The maximum absolute atomic E-state index is 12.2. The van der Waals surface area contributed by atoms with Crippen LogP contribution in [0.2, 0.25) is 0 Å². The van der Waals surface area contributed by atoms with Gasteiger partial charge in [-0.25, -0.2) is 8.42 Å². The van der Waals surface area contributed by atoms with Crippen molar-refractivity contribution in [1.29, 1.82) is 0 Å². The van der Waals surface area contributed by atoms with Gasteiger partial charge in [-0.2, -0.15) is 0 Å². The van der Waals surface area contributed by atoms with Crippen molar-refractivity contribution in [2.45, 2.75) is 52.7 Å². The van der Waals surface area contributed by atoms with E-state index >= 15 is 0 Å². The third-order valence-electron chi connectivity index (χ3n) is 4.08. The second kappa shape index (κ2) is 5.61. The fraction of sp³-hybridized carbons (Fsp3) is 0.733. The van der Waals surface area contributed by atoms with Crippen LogP contribution in [0.4, 0.5) is 0 Å². The summed E-state index contributed by atoms with van der Waals surface area (Å²) in [6.45, 7) is 12.2. The fourth-order valence-electron chi connectivity index (χ4n) is 2.47. The van der Waals surface area contributed by atoms with Crippen LogP contribution in [0.3, 0.4) is 0 Å². The van der Waals surface area contributed by atoms with Crippen molar-refractivity contribution in [3.63, 3.8) is 0 Å². The van der Waals surface area contributed by atoms with Crippen LogP contribution >= 0.6 is 10.7 Å². The van der Waals surface area contributed by atoms with E-state index in [0.717, 1.165) is 5.57 Å². The van der Waals surface area contributed by atoms with Crippen LogP contribution in [0.1, 0.15) is 48.0 Å². The predicted octanol–water partition coefficient (Wildman–Crippen LogP) is 4.52. The van der Waals surface area contributed by atoms with Crippen LogP contribution in [-0.2, 0) is 9.05 Å². The second-order valence-electron chi connectivity index (χ2n) is 6.40. The Morgan fingerprint density at radius 1 is 1.11 bits per heavy atom. The molecule has 1 unspecified atom stereocenters. The largest absolute Gasteiger partial charge is 0.242 e. The molecule has 1 rings (SSSR count). The Balaban J connectivity index is 3.48. The Morgan fingerprint density at radius 2 is 1.63 bits per heavy atom. The van der Waals surface area contributed by atoms with Crippen molar-refractivity contribution in [2.24, 2.45) is 17.8 Å². The molecule has 4 heteroatoms. The quantitative estimate of drug-likeness (QED) is 0.716. The van der Waals surface area contributed by atoms with E-state index in [1.165, 1.54) is 5.57 Å². The number of hydrogen-bond acceptors (Lipinski definition) is 2. The molecule has 0 aromatic rings. The highest BCUT2D eigenvalue weighted by Crippen LogP contribution is 2.44. The fourth-order valence-corrected chi connectivity index (χ4v) is 4.48. The summed E-state index contributed by atoms with van der Waals surface area (Å²) in [5, 5.41) is 0. The smallest absolute Gasteiger partial charge is 0.211 e. The summed E-state index contributed by atoms with van der Waals surface area (Å²) >= 11 is 0. The molecule has 0 bridgehead atoms. The Hall–Kier alpha value is -0.280. The Kier molecular flexibility index (Phi) is 4.95. The summed E-state index contributed by atoms with van der Waals surface area (Å²) in [6.07, 6.45) is 4.54. The van der Waals surface area contributed by atoms with Crippen molar-refractivity contribution in [2.75, 3.05) is 0 Å². The van der Waals surface area contributed by atoms with E-state index in [2.05, 4.69) is 33.8 Å². The maximum atomic E-state index is 12.2. The molecule has 110 valence electrons. The highest BCUT2D eigenvalue weighted by Gasteiger charge is 2.46. The molecular formula is C15H25ClO2S. The van der Waals surface area contributed by atoms with Gasteiger partial charge in [0.05, 0.1) is 0 Å². The molecule has 0 aromatic heterocycles. The number of halogens is 1. The Morgan fingerprint density at radius 3 is 1.95 bits per heavy atom. The van der Waals surface area contributed by atoms with Gasteiger partial charge in [0.2, 0.25) is 9.05 Å². The molecule has 0 saturated heterocycles. The van der Waals surface area contributed by atoms with E-state index in [0.29, 0.717) is 18.3 Å². The van der Waals surface area contributed by atoms with E-state index in [4.69, 9.17) is 10.7 Å². The summed E-state index contributed by atoms with van der Waals surface area (Å²) in [6, 6.07) is 0. The van der Waals surface area contributed by atoms with E-state index < -0.39 is 13.8 Å². The molecule has 1 atom stereocenters. The SMILES string of the molecule is CC(C)C1=CC(C(C)C)(S(=O)(=O)Cl)CC(C(C)C)=C1. The van der Waals surface area contributed by atoms with Gasteiger partial charge in [-0.15, -0.1) is 0 Å². The van der Waals surface area contributed by atoms with Gasteiger partial charge < -0.3 is 0 Å². The molecule has 0 heterocycles. The molecule has 0 amide bonds. The van der Waals surface area contributed by atoms with Gasteiger partial charge in [0.15, 0.2) is 0 Å². The molecule has 0 fully saturated rings. The molecule has 0 saturated carbocycles. The Labute approximate surface area is 122 Å². The van der Waals surface area contributed by atoms with Gasteiger partial charge in [-0.3, -0.25) is 0 Å². The first-order valence-corrected chi connectivity index (χ1v) is 9.19. The third kappa shape index (κ3) is 3.25. The monoisotopic (exact) mass is 304 g/mol. The first-order chi connectivity index (χ1) is 8.51. The van der Waals surface area contributed by atoms with E-state index in [9.17, 15) is 8.42 Å². The first-order valence-electron chi connectivity index (χ1n) is 6.88. The maximum Gasteiger partial charge on any atom is 0.242 e.